The summed E-state index contributed by atoms with van der Waals surface area (Å²) in [6.07, 6.45) is 5.55. The highest BCUT2D eigenvalue weighted by Crippen LogP contribution is 2.30. The summed E-state index contributed by atoms with van der Waals surface area (Å²) in [6.45, 7) is 0.589. The number of carbonyl (C=O) groups excluding carboxylic acids is 3. The van der Waals surface area contributed by atoms with Gasteiger partial charge in [-0.1, -0.05) is 24.3 Å². The van der Waals surface area contributed by atoms with Crippen LogP contribution in [0, 0.1) is 0 Å². The number of thioether (sulfide) groups is 1. The first-order valence-corrected chi connectivity index (χ1v) is 10.8. The summed E-state index contributed by atoms with van der Waals surface area (Å²) in [7, 11) is 0. The molecule has 9 heteroatoms. The van der Waals surface area contributed by atoms with E-state index in [1.54, 1.807) is 21.6 Å². The second kappa shape index (κ2) is 8.28. The summed E-state index contributed by atoms with van der Waals surface area (Å²) in [4.78, 5) is 40.6. The second-order valence-electron chi connectivity index (χ2n) is 7.33. The number of hydrogen-bond donors (Lipinski definition) is 2. The van der Waals surface area contributed by atoms with Crippen molar-refractivity contribution in [1.82, 2.24) is 15.2 Å². The SMILES string of the molecule is NC(=O)NN=C[C@@H]1CSCN1C(=O)[C@@H]1CCCN1C(=O)C1=Cc2ccccc2C1. The Balaban J connectivity index is 1.45. The Labute approximate surface area is 173 Å². The molecular formula is C20H23N5O3S. The van der Waals surface area contributed by atoms with Crippen LogP contribution in [0.5, 0.6) is 0 Å². The molecule has 0 unspecified atom stereocenters. The summed E-state index contributed by atoms with van der Waals surface area (Å²) in [5.41, 5.74) is 10.1. The van der Waals surface area contributed by atoms with E-state index in [9.17, 15) is 14.4 Å². The van der Waals surface area contributed by atoms with Crippen molar-refractivity contribution < 1.29 is 14.4 Å². The molecule has 2 heterocycles. The van der Waals surface area contributed by atoms with Crippen molar-refractivity contribution in [3.63, 3.8) is 0 Å². The van der Waals surface area contributed by atoms with E-state index in [4.69, 9.17) is 5.73 Å². The standard InChI is InChI=1S/C20H23N5O3S/c21-20(28)23-22-10-16-11-29-12-25(16)19(27)17-6-3-7-24(17)18(26)15-8-13-4-1-2-5-14(13)9-15/h1-2,4-5,8,10,16-17H,3,6-7,9,11-12H2,(H3,21,23,28)/t16-,17+/m1/s1. The lowest BCUT2D eigenvalue weighted by Gasteiger charge is -2.30. The van der Waals surface area contributed by atoms with Crippen molar-refractivity contribution in [1.29, 1.82) is 0 Å². The molecule has 4 rings (SSSR count). The number of nitrogens with zero attached hydrogens (tertiary/aromatic N) is 3. The molecule has 152 valence electrons. The van der Waals surface area contributed by atoms with Gasteiger partial charge in [-0.05, 0) is 30.0 Å². The molecule has 1 aromatic carbocycles. The third kappa shape index (κ3) is 4.00. The van der Waals surface area contributed by atoms with Crippen LogP contribution < -0.4 is 11.2 Å². The quantitative estimate of drug-likeness (QED) is 0.571. The van der Waals surface area contributed by atoms with Crippen LogP contribution in [0.3, 0.4) is 0 Å². The van der Waals surface area contributed by atoms with Gasteiger partial charge in [0.1, 0.15) is 6.04 Å². The molecule has 1 aliphatic carbocycles. The smallest absolute Gasteiger partial charge is 0.332 e. The van der Waals surface area contributed by atoms with Gasteiger partial charge in [0.15, 0.2) is 0 Å². The molecule has 3 N–H and O–H groups in total. The van der Waals surface area contributed by atoms with E-state index in [0.717, 1.165) is 23.1 Å². The third-order valence-electron chi connectivity index (χ3n) is 5.46. The topological polar surface area (TPSA) is 108 Å². The Morgan fingerprint density at radius 3 is 2.86 bits per heavy atom. The number of benzene rings is 1. The highest BCUT2D eigenvalue weighted by Gasteiger charge is 2.41. The fraction of sp³-hybridized carbons (Fsp3) is 0.400. The van der Waals surface area contributed by atoms with Crippen LogP contribution in [0.15, 0.2) is 34.9 Å². The second-order valence-corrected chi connectivity index (χ2v) is 8.33. The molecular weight excluding hydrogens is 390 g/mol. The highest BCUT2D eigenvalue weighted by atomic mass is 32.2. The molecule has 2 aliphatic heterocycles. The minimum Gasteiger partial charge on any atom is -0.350 e. The fourth-order valence-corrected chi connectivity index (χ4v) is 5.18. The number of hydrazone groups is 1. The van der Waals surface area contributed by atoms with Gasteiger partial charge in [0.2, 0.25) is 5.91 Å². The minimum atomic E-state index is -0.747. The summed E-state index contributed by atoms with van der Waals surface area (Å²) in [6, 6.07) is 6.55. The molecule has 0 spiro atoms. The largest absolute Gasteiger partial charge is 0.350 e. The monoisotopic (exact) mass is 413 g/mol. The Bertz CT molecular complexity index is 900. The molecule has 1 aromatic rings. The lowest BCUT2D eigenvalue weighted by atomic mass is 10.1. The third-order valence-corrected chi connectivity index (χ3v) is 6.50. The van der Waals surface area contributed by atoms with E-state index in [1.165, 1.54) is 6.21 Å². The van der Waals surface area contributed by atoms with Crippen LogP contribution in [0.4, 0.5) is 4.79 Å². The van der Waals surface area contributed by atoms with Crippen LogP contribution >= 0.6 is 11.8 Å². The first kappa shape index (κ1) is 19.5. The van der Waals surface area contributed by atoms with E-state index in [1.807, 2.05) is 30.3 Å². The van der Waals surface area contributed by atoms with Crippen molar-refractivity contribution in [3.05, 3.63) is 41.0 Å². The Morgan fingerprint density at radius 1 is 1.24 bits per heavy atom. The predicted octanol–water partition coefficient (Wildman–Crippen LogP) is 1.17. The maximum Gasteiger partial charge on any atom is 0.332 e. The molecule has 3 aliphatic rings. The number of nitrogens with one attached hydrogen (secondary N) is 1. The van der Waals surface area contributed by atoms with Crippen LogP contribution in [0.25, 0.3) is 6.08 Å². The van der Waals surface area contributed by atoms with Gasteiger partial charge in [-0.15, -0.1) is 11.8 Å². The molecule has 0 saturated carbocycles. The maximum absolute atomic E-state index is 13.2. The molecule has 29 heavy (non-hydrogen) atoms. The van der Waals surface area contributed by atoms with Crippen molar-refractivity contribution in [3.8, 4) is 0 Å². The van der Waals surface area contributed by atoms with Gasteiger partial charge < -0.3 is 15.5 Å². The number of urea groups is 1. The van der Waals surface area contributed by atoms with Crippen molar-refractivity contribution in [2.75, 3.05) is 18.2 Å². The number of likely N-dealkylation sites (tertiary alicyclic amines) is 1. The molecule has 8 nitrogen and oxygen atoms in total. The number of amides is 4. The maximum atomic E-state index is 13.2. The van der Waals surface area contributed by atoms with Gasteiger partial charge in [-0.25, -0.2) is 10.2 Å². The number of fused-ring (bicyclic) bond motifs is 1. The lowest BCUT2D eigenvalue weighted by Crippen LogP contribution is -2.50. The highest BCUT2D eigenvalue weighted by molar-refractivity contribution is 7.99. The van der Waals surface area contributed by atoms with Gasteiger partial charge in [-0.3, -0.25) is 9.59 Å². The van der Waals surface area contributed by atoms with Gasteiger partial charge in [0.25, 0.3) is 5.91 Å². The van der Waals surface area contributed by atoms with Gasteiger partial charge in [0, 0.05) is 30.5 Å². The fourth-order valence-electron chi connectivity index (χ4n) is 4.05. The van der Waals surface area contributed by atoms with Gasteiger partial charge in [-0.2, -0.15) is 5.10 Å². The average molecular weight is 414 g/mol. The number of nitrogens with two attached hydrogens (primary N) is 1. The Kier molecular flexibility index (Phi) is 5.57. The summed E-state index contributed by atoms with van der Waals surface area (Å²) in [5, 5.41) is 3.81. The van der Waals surface area contributed by atoms with E-state index in [0.29, 0.717) is 31.0 Å². The molecule has 4 amide bonds. The zero-order valence-electron chi connectivity index (χ0n) is 15.9. The van der Waals surface area contributed by atoms with Crippen molar-refractivity contribution >= 4 is 41.9 Å². The van der Waals surface area contributed by atoms with Crippen LogP contribution in [0.1, 0.15) is 24.0 Å². The zero-order chi connectivity index (χ0) is 20.4. The molecule has 0 aromatic heterocycles. The van der Waals surface area contributed by atoms with Gasteiger partial charge in [0.05, 0.1) is 11.9 Å². The minimum absolute atomic E-state index is 0.0514. The zero-order valence-corrected chi connectivity index (χ0v) is 16.7. The number of carbonyl (C=O) groups is 3. The summed E-state index contributed by atoms with van der Waals surface area (Å²) >= 11 is 1.62. The first-order valence-electron chi connectivity index (χ1n) is 9.61. The Hall–Kier alpha value is -2.81. The van der Waals surface area contributed by atoms with Crippen LogP contribution in [-0.2, 0) is 16.0 Å². The normalized spacial score (nSPS) is 23.4. The van der Waals surface area contributed by atoms with Crippen LogP contribution in [-0.4, -0.2) is 64.1 Å². The number of rotatable bonds is 4. The number of hydrogen-bond acceptors (Lipinski definition) is 5. The first-order chi connectivity index (χ1) is 14.0. The number of primary amides is 1. The summed E-state index contributed by atoms with van der Waals surface area (Å²) < 4.78 is 0. The Morgan fingerprint density at radius 2 is 2.07 bits per heavy atom. The molecule has 0 bridgehead atoms. The van der Waals surface area contributed by atoms with E-state index >= 15 is 0 Å². The van der Waals surface area contributed by atoms with Crippen molar-refractivity contribution in [2.24, 2.45) is 10.8 Å². The van der Waals surface area contributed by atoms with E-state index in [2.05, 4.69) is 10.5 Å². The van der Waals surface area contributed by atoms with Crippen LogP contribution in [0.2, 0.25) is 0 Å². The predicted molar refractivity (Wildman–Crippen MR) is 112 cm³/mol. The molecule has 0 radical (unpaired) electrons. The lowest BCUT2D eigenvalue weighted by molar-refractivity contribution is -0.141. The average Bonchev–Trinajstić information content (AvgIpc) is 3.44. The van der Waals surface area contributed by atoms with E-state index in [-0.39, 0.29) is 17.9 Å². The molecule has 2 fully saturated rings. The van der Waals surface area contributed by atoms with Gasteiger partial charge >= 0.3 is 6.03 Å². The summed E-state index contributed by atoms with van der Waals surface area (Å²) in [5.74, 6) is 1.12. The van der Waals surface area contributed by atoms with E-state index < -0.39 is 12.1 Å². The molecule has 2 saturated heterocycles. The van der Waals surface area contributed by atoms with Crippen molar-refractivity contribution in [2.45, 2.75) is 31.3 Å². The molecule has 2 atom stereocenters.